The van der Waals surface area contributed by atoms with Crippen molar-refractivity contribution in [3.63, 3.8) is 0 Å². The topological polar surface area (TPSA) is 120 Å². The molecule has 9 heteroatoms. The van der Waals surface area contributed by atoms with Gasteiger partial charge in [0.2, 0.25) is 17.7 Å². The smallest absolute Gasteiger partial charge is 0.246 e. The number of hydrogen-bond acceptors (Lipinski definition) is 6. The number of likely N-dealkylation sites (N-methyl/N-ethyl adjacent to an activating group) is 1. The van der Waals surface area contributed by atoms with Gasteiger partial charge in [-0.2, -0.15) is 0 Å². The lowest BCUT2D eigenvalue weighted by atomic mass is 9.93. The Morgan fingerprint density at radius 2 is 1.83 bits per heavy atom. The normalized spacial score (nSPS) is 25.4. The fraction of sp³-hybridized carbons (Fsp3) is 0.577. The van der Waals surface area contributed by atoms with Gasteiger partial charge in [-0.25, -0.2) is 0 Å². The van der Waals surface area contributed by atoms with E-state index < -0.39 is 23.6 Å². The number of amides is 3. The summed E-state index contributed by atoms with van der Waals surface area (Å²) in [5, 5.41) is 19.3. The molecule has 3 amide bonds. The number of aliphatic hydroxyl groups is 1. The van der Waals surface area contributed by atoms with Gasteiger partial charge in [-0.15, -0.1) is 0 Å². The maximum Gasteiger partial charge on any atom is 0.246 e. The molecule has 0 radical (unpaired) electrons. The van der Waals surface area contributed by atoms with E-state index >= 15 is 0 Å². The Hall–Kier alpha value is -2.91. The zero-order valence-corrected chi connectivity index (χ0v) is 21.5. The first-order valence-corrected chi connectivity index (χ1v) is 12.2. The molecule has 1 aliphatic carbocycles. The van der Waals surface area contributed by atoms with Gasteiger partial charge in [-0.05, 0) is 32.3 Å². The van der Waals surface area contributed by atoms with Crippen molar-refractivity contribution >= 4 is 17.7 Å². The number of hydrogen-bond donors (Lipinski definition) is 4. The van der Waals surface area contributed by atoms with E-state index in [1.165, 1.54) is 25.8 Å². The van der Waals surface area contributed by atoms with Crippen molar-refractivity contribution in [1.29, 1.82) is 0 Å². The molecule has 4 N–H and O–H groups in total. The fourth-order valence-corrected chi connectivity index (χ4v) is 4.04. The highest BCUT2D eigenvalue weighted by atomic mass is 16.5. The van der Waals surface area contributed by atoms with Crippen LogP contribution in [-0.4, -0.2) is 78.7 Å². The third-order valence-electron chi connectivity index (χ3n) is 6.12. The second-order valence-electron chi connectivity index (χ2n) is 9.46. The van der Waals surface area contributed by atoms with Crippen molar-refractivity contribution in [1.82, 2.24) is 20.9 Å². The summed E-state index contributed by atoms with van der Waals surface area (Å²) in [6.45, 7) is 7.65. The van der Waals surface area contributed by atoms with Gasteiger partial charge in [0.25, 0.3) is 0 Å². The van der Waals surface area contributed by atoms with E-state index in [-0.39, 0.29) is 30.8 Å². The summed E-state index contributed by atoms with van der Waals surface area (Å²) in [5.41, 5.74) is -0.649. The highest BCUT2D eigenvalue weighted by Gasteiger charge is 2.41. The Labute approximate surface area is 208 Å². The lowest BCUT2D eigenvalue weighted by molar-refractivity contribution is -0.150. The van der Waals surface area contributed by atoms with Crippen LogP contribution in [0.3, 0.4) is 0 Å². The third-order valence-corrected chi connectivity index (χ3v) is 6.12. The van der Waals surface area contributed by atoms with Gasteiger partial charge < -0.3 is 30.7 Å². The largest absolute Gasteiger partial charge is 0.492 e. The molecule has 0 aromatic carbocycles. The Kier molecular flexibility index (Phi) is 10.7. The van der Waals surface area contributed by atoms with E-state index in [9.17, 15) is 19.5 Å². The van der Waals surface area contributed by atoms with Crippen molar-refractivity contribution in [3.8, 4) is 0 Å². The summed E-state index contributed by atoms with van der Waals surface area (Å²) in [6, 6.07) is -1.76. The number of rotatable bonds is 3. The molecule has 0 bridgehead atoms. The molecule has 1 aliphatic heterocycles. The first kappa shape index (κ1) is 28.3. The van der Waals surface area contributed by atoms with E-state index in [4.69, 9.17) is 4.74 Å². The molecule has 35 heavy (non-hydrogen) atoms. The summed E-state index contributed by atoms with van der Waals surface area (Å²) in [5.74, 6) is -0.607. The number of carbonyl (C=O) groups is 3. The van der Waals surface area contributed by atoms with Crippen LogP contribution in [0.4, 0.5) is 0 Å². The van der Waals surface area contributed by atoms with Gasteiger partial charge in [0.15, 0.2) is 0 Å². The standard InChI is InChI=1S/C26H40N4O5/c1-6-18(2)22-25(33)30(5)23(26(3,4)34)24(32)29-17-21(31)27-14-10-12-19-11-8-7-9-13-20(19)35-16-15-28-22/h8-13,18,22-23,28,34H,6-7,14-17H2,1-5H3,(H,27,31)(H,29,32)/b12-10+. The van der Waals surface area contributed by atoms with Gasteiger partial charge in [0, 0.05) is 25.7 Å². The molecule has 1 heterocycles. The molecule has 194 valence electrons. The van der Waals surface area contributed by atoms with Crippen molar-refractivity contribution in [2.24, 2.45) is 5.92 Å². The first-order valence-electron chi connectivity index (χ1n) is 12.2. The van der Waals surface area contributed by atoms with Crippen LogP contribution in [0.15, 0.2) is 47.8 Å². The van der Waals surface area contributed by atoms with E-state index in [2.05, 4.69) is 16.0 Å². The Bertz CT molecular complexity index is 885. The van der Waals surface area contributed by atoms with E-state index in [1.807, 2.05) is 50.3 Å². The zero-order valence-electron chi connectivity index (χ0n) is 21.5. The second kappa shape index (κ2) is 13.3. The predicted octanol–water partition coefficient (Wildman–Crippen LogP) is 1.18. The van der Waals surface area contributed by atoms with Crippen molar-refractivity contribution < 1.29 is 24.2 Å². The maximum atomic E-state index is 13.5. The van der Waals surface area contributed by atoms with Crippen LogP contribution in [0.25, 0.3) is 0 Å². The molecule has 9 nitrogen and oxygen atoms in total. The molecule has 2 rings (SSSR count). The highest BCUT2D eigenvalue weighted by Crippen LogP contribution is 2.19. The van der Waals surface area contributed by atoms with Crippen LogP contribution in [0.1, 0.15) is 40.5 Å². The molecular formula is C26H40N4O5. The van der Waals surface area contributed by atoms with Crippen LogP contribution in [0, 0.1) is 5.92 Å². The number of ether oxygens (including phenoxy) is 1. The van der Waals surface area contributed by atoms with Gasteiger partial charge in [0.05, 0.1) is 18.2 Å². The quantitative estimate of drug-likeness (QED) is 0.474. The summed E-state index contributed by atoms with van der Waals surface area (Å²) < 4.78 is 6.02. The Morgan fingerprint density at radius 3 is 2.51 bits per heavy atom. The second-order valence-corrected chi connectivity index (χ2v) is 9.46. The molecule has 0 aromatic heterocycles. The number of nitrogens with one attached hydrogen (secondary N) is 3. The van der Waals surface area contributed by atoms with E-state index in [0.29, 0.717) is 18.9 Å². The van der Waals surface area contributed by atoms with Gasteiger partial charge in [-0.3, -0.25) is 14.4 Å². The summed E-state index contributed by atoms with van der Waals surface area (Å²) in [7, 11) is 1.50. The van der Waals surface area contributed by atoms with E-state index in [1.54, 1.807) is 0 Å². The molecule has 0 saturated carbocycles. The molecular weight excluding hydrogens is 448 g/mol. The Balaban J connectivity index is 2.34. The van der Waals surface area contributed by atoms with Crippen LogP contribution in [0.2, 0.25) is 0 Å². The van der Waals surface area contributed by atoms with Gasteiger partial charge in [-0.1, -0.05) is 50.6 Å². The number of allylic oxidation sites excluding steroid dienone is 6. The molecule has 0 fully saturated rings. The minimum absolute atomic E-state index is 0.0229. The average molecular weight is 489 g/mol. The van der Waals surface area contributed by atoms with Gasteiger partial charge >= 0.3 is 0 Å². The van der Waals surface area contributed by atoms with Crippen molar-refractivity contribution in [3.05, 3.63) is 47.8 Å². The third kappa shape index (κ3) is 8.36. The summed E-state index contributed by atoms with van der Waals surface area (Å²) in [4.78, 5) is 40.0. The molecule has 0 aromatic rings. The minimum Gasteiger partial charge on any atom is -0.492 e. The monoisotopic (exact) mass is 488 g/mol. The maximum absolute atomic E-state index is 13.5. The first-order chi connectivity index (χ1) is 16.6. The van der Waals surface area contributed by atoms with Crippen molar-refractivity contribution in [2.75, 3.05) is 33.3 Å². The SMILES string of the molecule is CCC(C)C1NCCOC2=C(C=CCC=C2)/C=C/CNC(=O)CNC(=O)C(C(C)(C)O)N(C)C1=O. The van der Waals surface area contributed by atoms with Crippen LogP contribution in [-0.2, 0) is 19.1 Å². The number of carbonyl (C=O) groups excluding carboxylic acids is 3. The molecule has 3 atom stereocenters. The fourth-order valence-electron chi connectivity index (χ4n) is 4.04. The lowest BCUT2D eigenvalue weighted by Gasteiger charge is -2.38. The van der Waals surface area contributed by atoms with Crippen molar-refractivity contribution in [2.45, 2.75) is 58.2 Å². The average Bonchev–Trinajstić information content (AvgIpc) is 3.03. The molecule has 0 saturated heterocycles. The molecule has 3 unspecified atom stereocenters. The minimum atomic E-state index is -1.53. The van der Waals surface area contributed by atoms with Crippen LogP contribution in [0.5, 0.6) is 0 Å². The van der Waals surface area contributed by atoms with E-state index in [0.717, 1.165) is 18.4 Å². The van der Waals surface area contributed by atoms with Crippen LogP contribution < -0.4 is 16.0 Å². The predicted molar refractivity (Wildman–Crippen MR) is 135 cm³/mol. The lowest BCUT2D eigenvalue weighted by Crippen LogP contribution is -2.62. The van der Waals surface area contributed by atoms with Crippen LogP contribution >= 0.6 is 0 Å². The molecule has 2 aliphatic rings. The van der Waals surface area contributed by atoms with Gasteiger partial charge in [0.1, 0.15) is 18.4 Å². The summed E-state index contributed by atoms with van der Waals surface area (Å²) in [6.07, 6.45) is 13.1. The number of nitrogens with zero attached hydrogens (tertiary/aromatic N) is 1. The Morgan fingerprint density at radius 1 is 1.14 bits per heavy atom. The molecule has 0 spiro atoms. The summed E-state index contributed by atoms with van der Waals surface area (Å²) >= 11 is 0. The highest BCUT2D eigenvalue weighted by molar-refractivity contribution is 5.92. The zero-order chi connectivity index (χ0) is 26.0.